The number of aromatic nitrogens is 2. The van der Waals surface area contributed by atoms with Gasteiger partial charge in [-0.2, -0.15) is 13.2 Å². The minimum absolute atomic E-state index is 0.0677. The number of nitrogens with one attached hydrogen (secondary N) is 1. The van der Waals surface area contributed by atoms with E-state index in [1.807, 2.05) is 0 Å². The van der Waals surface area contributed by atoms with Crippen molar-refractivity contribution in [2.24, 2.45) is 0 Å². The second kappa shape index (κ2) is 9.13. The number of nitrogens with zero attached hydrogens (tertiary/aromatic N) is 2. The average Bonchev–Trinajstić information content (AvgIpc) is 2.80. The van der Waals surface area contributed by atoms with Crippen molar-refractivity contribution in [3.05, 3.63) is 105 Å². The highest BCUT2D eigenvalue weighted by Crippen LogP contribution is 2.30. The Kier molecular flexibility index (Phi) is 6.21. The lowest BCUT2D eigenvalue weighted by atomic mass is 10.0. The Morgan fingerprint density at radius 2 is 1.74 bits per heavy atom. The van der Waals surface area contributed by atoms with Gasteiger partial charge in [-0.05, 0) is 61.5 Å². The minimum Gasteiger partial charge on any atom is -0.325 e. The number of rotatable bonds is 5. The van der Waals surface area contributed by atoms with Gasteiger partial charge < -0.3 is 9.88 Å². The van der Waals surface area contributed by atoms with Crippen LogP contribution in [-0.4, -0.2) is 21.2 Å². The van der Waals surface area contributed by atoms with Gasteiger partial charge in [0, 0.05) is 23.1 Å². The van der Waals surface area contributed by atoms with E-state index in [0.717, 1.165) is 30.3 Å². The fraction of sp³-hybridized carbons (Fsp3) is 0.120. The lowest BCUT2D eigenvalue weighted by Crippen LogP contribution is -2.25. The van der Waals surface area contributed by atoms with Gasteiger partial charge >= 0.3 is 6.18 Å². The predicted octanol–water partition coefficient (Wildman–Crippen LogP) is 4.73. The number of anilines is 1. The number of benzene rings is 2. The molecule has 0 fully saturated rings. The maximum atomic E-state index is 13.3. The molecule has 4 aromatic rings. The van der Waals surface area contributed by atoms with Crippen LogP contribution in [0.4, 0.5) is 23.2 Å². The third kappa shape index (κ3) is 5.11. The van der Waals surface area contributed by atoms with E-state index in [1.54, 1.807) is 13.0 Å². The van der Waals surface area contributed by atoms with E-state index in [9.17, 15) is 31.9 Å². The predicted molar refractivity (Wildman–Crippen MR) is 121 cm³/mol. The monoisotopic (exact) mass is 483 g/mol. The fourth-order valence-electron chi connectivity index (χ4n) is 3.53. The summed E-state index contributed by atoms with van der Waals surface area (Å²) in [4.78, 5) is 43.0. The van der Waals surface area contributed by atoms with Crippen molar-refractivity contribution < 1.29 is 27.2 Å². The van der Waals surface area contributed by atoms with Crippen molar-refractivity contribution in [3.63, 3.8) is 0 Å². The molecule has 2 heterocycles. The van der Waals surface area contributed by atoms with E-state index in [4.69, 9.17) is 0 Å². The second-order valence-electron chi connectivity index (χ2n) is 7.79. The maximum Gasteiger partial charge on any atom is 0.416 e. The summed E-state index contributed by atoms with van der Waals surface area (Å²) in [5, 5.41) is 2.47. The van der Waals surface area contributed by atoms with E-state index in [2.05, 4.69) is 10.3 Å². The van der Waals surface area contributed by atoms with Crippen LogP contribution in [-0.2, 0) is 17.5 Å². The minimum atomic E-state index is -4.58. The average molecular weight is 483 g/mol. The summed E-state index contributed by atoms with van der Waals surface area (Å²) >= 11 is 0. The number of alkyl halides is 3. The molecule has 0 aliphatic rings. The highest BCUT2D eigenvalue weighted by molar-refractivity contribution is 6.10. The molecule has 6 nitrogen and oxygen atoms in total. The van der Waals surface area contributed by atoms with Crippen molar-refractivity contribution in [2.45, 2.75) is 19.6 Å². The van der Waals surface area contributed by atoms with Gasteiger partial charge in [-0.15, -0.1) is 0 Å². The molecule has 0 atom stereocenters. The second-order valence-corrected chi connectivity index (χ2v) is 7.79. The van der Waals surface area contributed by atoms with Gasteiger partial charge in [0.15, 0.2) is 5.78 Å². The lowest BCUT2D eigenvalue weighted by molar-refractivity contribution is -0.137. The number of hydrogen-bond acceptors (Lipinski definition) is 4. The summed E-state index contributed by atoms with van der Waals surface area (Å²) in [6, 6.07) is 11.8. The number of aryl methyl sites for hydroxylation is 1. The summed E-state index contributed by atoms with van der Waals surface area (Å²) in [5.74, 6) is -1.93. The first-order valence-electron chi connectivity index (χ1n) is 10.3. The van der Waals surface area contributed by atoms with Crippen LogP contribution in [0.3, 0.4) is 0 Å². The molecule has 1 amide bonds. The van der Waals surface area contributed by atoms with E-state index < -0.39 is 41.2 Å². The van der Waals surface area contributed by atoms with E-state index in [0.29, 0.717) is 5.69 Å². The molecule has 0 unspecified atom stereocenters. The normalized spacial score (nSPS) is 11.5. The SMILES string of the molecule is Cc1ccc2c(=O)c(C(=O)c3ccc(F)cc3)cn(CC(=O)Nc3cccc(C(F)(F)F)c3)c2n1. The first-order chi connectivity index (χ1) is 16.5. The van der Waals surface area contributed by atoms with Crippen molar-refractivity contribution in [1.82, 2.24) is 9.55 Å². The van der Waals surface area contributed by atoms with Crippen molar-refractivity contribution >= 4 is 28.4 Å². The molecule has 0 spiro atoms. The smallest absolute Gasteiger partial charge is 0.325 e. The number of hydrogen-bond donors (Lipinski definition) is 1. The topological polar surface area (TPSA) is 81.1 Å². The standard InChI is InChI=1S/C25H17F4N3O3/c1-14-5-10-19-23(35)20(22(34)15-6-8-17(26)9-7-15)12-32(24(19)30-14)13-21(33)31-18-4-2-3-16(11-18)25(27,28)29/h2-12H,13H2,1H3,(H,31,33). The molecule has 4 rings (SSSR count). The molecule has 178 valence electrons. The van der Waals surface area contributed by atoms with Crippen molar-refractivity contribution in [1.29, 1.82) is 0 Å². The highest BCUT2D eigenvalue weighted by Gasteiger charge is 2.30. The molecule has 0 radical (unpaired) electrons. The quantitative estimate of drug-likeness (QED) is 0.329. The summed E-state index contributed by atoms with van der Waals surface area (Å²) in [7, 11) is 0. The van der Waals surface area contributed by atoms with Crippen LogP contribution in [0, 0.1) is 12.7 Å². The van der Waals surface area contributed by atoms with E-state index >= 15 is 0 Å². The van der Waals surface area contributed by atoms with Gasteiger partial charge in [0.1, 0.15) is 18.0 Å². The molecule has 1 N–H and O–H groups in total. The van der Waals surface area contributed by atoms with Gasteiger partial charge in [0.2, 0.25) is 11.3 Å². The number of ketones is 1. The molecule has 0 saturated heterocycles. The van der Waals surface area contributed by atoms with E-state index in [-0.39, 0.29) is 27.8 Å². The Labute approximate surface area is 195 Å². The zero-order chi connectivity index (χ0) is 25.3. The highest BCUT2D eigenvalue weighted by atomic mass is 19.4. The zero-order valence-corrected chi connectivity index (χ0v) is 18.2. The van der Waals surface area contributed by atoms with Crippen molar-refractivity contribution in [2.75, 3.05) is 5.32 Å². The number of halogens is 4. The number of amides is 1. The summed E-state index contributed by atoms with van der Waals surface area (Å²) < 4.78 is 53.5. The number of pyridine rings is 2. The van der Waals surface area contributed by atoms with Crippen LogP contribution in [0.15, 0.2) is 71.7 Å². The van der Waals surface area contributed by atoms with Crippen LogP contribution in [0.5, 0.6) is 0 Å². The molecule has 10 heteroatoms. The van der Waals surface area contributed by atoms with Crippen LogP contribution in [0.25, 0.3) is 11.0 Å². The molecule has 2 aromatic carbocycles. The van der Waals surface area contributed by atoms with Crippen LogP contribution < -0.4 is 10.7 Å². The fourth-order valence-corrected chi connectivity index (χ4v) is 3.53. The molecule has 0 bridgehead atoms. The van der Waals surface area contributed by atoms with Gasteiger partial charge in [-0.25, -0.2) is 9.37 Å². The number of carbonyl (C=O) groups is 2. The molecular formula is C25H17F4N3O3. The summed E-state index contributed by atoms with van der Waals surface area (Å²) in [6.45, 7) is 1.24. The van der Waals surface area contributed by atoms with Crippen LogP contribution in [0.2, 0.25) is 0 Å². The van der Waals surface area contributed by atoms with Gasteiger partial charge in [0.05, 0.1) is 16.5 Å². The van der Waals surface area contributed by atoms with Crippen LogP contribution in [0.1, 0.15) is 27.2 Å². The molecule has 0 aliphatic heterocycles. The summed E-state index contributed by atoms with van der Waals surface area (Å²) in [6.07, 6.45) is -3.40. The number of fused-ring (bicyclic) bond motifs is 1. The zero-order valence-electron chi connectivity index (χ0n) is 18.2. The molecular weight excluding hydrogens is 466 g/mol. The van der Waals surface area contributed by atoms with Crippen LogP contribution >= 0.6 is 0 Å². The van der Waals surface area contributed by atoms with Crippen molar-refractivity contribution in [3.8, 4) is 0 Å². The Morgan fingerprint density at radius 1 is 1.03 bits per heavy atom. The molecule has 0 aliphatic carbocycles. The molecule has 0 saturated carbocycles. The Balaban J connectivity index is 1.72. The van der Waals surface area contributed by atoms with Gasteiger partial charge in [-0.1, -0.05) is 6.07 Å². The summed E-state index contributed by atoms with van der Waals surface area (Å²) in [5.41, 5.74) is -1.12. The Bertz CT molecular complexity index is 1510. The third-order valence-electron chi connectivity index (χ3n) is 5.20. The lowest BCUT2D eigenvalue weighted by Gasteiger charge is -2.14. The third-order valence-corrected chi connectivity index (χ3v) is 5.20. The first-order valence-corrected chi connectivity index (χ1v) is 10.3. The van der Waals surface area contributed by atoms with Gasteiger partial charge in [-0.3, -0.25) is 14.4 Å². The van der Waals surface area contributed by atoms with Gasteiger partial charge in [0.25, 0.3) is 0 Å². The Hall–Kier alpha value is -4.34. The largest absolute Gasteiger partial charge is 0.416 e. The maximum absolute atomic E-state index is 13.3. The molecule has 35 heavy (non-hydrogen) atoms. The molecule has 2 aromatic heterocycles. The number of carbonyl (C=O) groups excluding carboxylic acids is 2. The van der Waals surface area contributed by atoms with E-state index in [1.165, 1.54) is 35.0 Å². The Morgan fingerprint density at radius 3 is 2.43 bits per heavy atom. The first kappa shape index (κ1) is 23.8.